The monoisotopic (exact) mass is 344 g/mol. The molecule has 2 aromatic rings. The lowest BCUT2D eigenvalue weighted by molar-refractivity contribution is 0.122. The highest BCUT2D eigenvalue weighted by molar-refractivity contribution is 14.1. The number of nitrogens with zero attached hydrogens (tertiary/aromatic N) is 2. The van der Waals surface area contributed by atoms with E-state index in [1.165, 1.54) is 20.9 Å². The molecule has 17 heavy (non-hydrogen) atoms. The van der Waals surface area contributed by atoms with E-state index in [0.717, 1.165) is 26.2 Å². The molecule has 1 aromatic carbocycles. The fraction of sp³-hybridized carbons (Fsp3) is 0.462. The van der Waals surface area contributed by atoms with Crippen LogP contribution in [0.1, 0.15) is 19.8 Å². The van der Waals surface area contributed by atoms with Gasteiger partial charge in [-0.1, -0.05) is 19.4 Å². The summed E-state index contributed by atoms with van der Waals surface area (Å²) >= 11 is 2.33. The van der Waals surface area contributed by atoms with Gasteiger partial charge in [0.15, 0.2) is 0 Å². The van der Waals surface area contributed by atoms with E-state index >= 15 is 0 Å². The van der Waals surface area contributed by atoms with Crippen LogP contribution in [0.4, 0.5) is 0 Å². The van der Waals surface area contributed by atoms with Crippen molar-refractivity contribution in [3.05, 3.63) is 28.0 Å². The molecule has 0 saturated carbocycles. The van der Waals surface area contributed by atoms with E-state index in [-0.39, 0.29) is 0 Å². The second kappa shape index (κ2) is 6.35. The number of unbranched alkanes of at least 4 members (excludes halogenated alkanes) is 1. The Hall–Kier alpha value is -0.620. The third kappa shape index (κ3) is 3.42. The highest BCUT2D eigenvalue weighted by Crippen LogP contribution is 2.16. The van der Waals surface area contributed by atoms with Gasteiger partial charge in [-0.05, 0) is 41.1 Å². The Kier molecular flexibility index (Phi) is 4.79. The molecule has 0 amide bonds. The van der Waals surface area contributed by atoms with Crippen molar-refractivity contribution in [1.82, 2.24) is 9.78 Å². The number of halogens is 1. The number of rotatable bonds is 6. The van der Waals surface area contributed by atoms with Gasteiger partial charge in [0.05, 0.1) is 24.9 Å². The van der Waals surface area contributed by atoms with E-state index in [2.05, 4.69) is 52.8 Å². The van der Waals surface area contributed by atoms with Crippen LogP contribution < -0.4 is 0 Å². The quantitative estimate of drug-likeness (QED) is 0.593. The van der Waals surface area contributed by atoms with Crippen LogP contribution >= 0.6 is 22.6 Å². The molecular formula is C13H17IN2O. The van der Waals surface area contributed by atoms with Crippen molar-refractivity contribution in [2.45, 2.75) is 26.3 Å². The largest absolute Gasteiger partial charge is 0.380 e. The Bertz CT molecular complexity index is 481. The van der Waals surface area contributed by atoms with Gasteiger partial charge in [-0.2, -0.15) is 5.10 Å². The van der Waals surface area contributed by atoms with E-state index in [1.54, 1.807) is 0 Å². The fourth-order valence-electron chi connectivity index (χ4n) is 1.72. The van der Waals surface area contributed by atoms with Crippen LogP contribution in [0.3, 0.4) is 0 Å². The minimum absolute atomic E-state index is 0.738. The van der Waals surface area contributed by atoms with Crippen molar-refractivity contribution >= 4 is 33.5 Å². The summed E-state index contributed by atoms with van der Waals surface area (Å²) in [6, 6.07) is 6.38. The lowest BCUT2D eigenvalue weighted by Gasteiger charge is -2.05. The Morgan fingerprint density at radius 2 is 2.24 bits per heavy atom. The van der Waals surface area contributed by atoms with Crippen molar-refractivity contribution in [1.29, 1.82) is 0 Å². The minimum atomic E-state index is 0.738. The number of hydrogen-bond acceptors (Lipinski definition) is 2. The summed E-state index contributed by atoms with van der Waals surface area (Å²) in [6.07, 6.45) is 4.23. The van der Waals surface area contributed by atoms with Crippen molar-refractivity contribution < 1.29 is 4.74 Å². The van der Waals surface area contributed by atoms with E-state index in [4.69, 9.17) is 4.74 Å². The molecule has 0 N–H and O–H groups in total. The number of aromatic nitrogens is 2. The van der Waals surface area contributed by atoms with Gasteiger partial charge in [0, 0.05) is 15.6 Å². The minimum Gasteiger partial charge on any atom is -0.380 e. The lowest BCUT2D eigenvalue weighted by Crippen LogP contribution is -2.07. The molecule has 0 aliphatic rings. The summed E-state index contributed by atoms with van der Waals surface area (Å²) in [7, 11) is 0. The summed E-state index contributed by atoms with van der Waals surface area (Å²) in [5.74, 6) is 0. The normalized spacial score (nSPS) is 11.2. The summed E-state index contributed by atoms with van der Waals surface area (Å²) < 4.78 is 8.82. The highest BCUT2D eigenvalue weighted by atomic mass is 127. The van der Waals surface area contributed by atoms with E-state index in [9.17, 15) is 0 Å². The van der Waals surface area contributed by atoms with Crippen LogP contribution in [-0.4, -0.2) is 23.0 Å². The highest BCUT2D eigenvalue weighted by Gasteiger charge is 2.02. The predicted octanol–water partition coefficient (Wildman–Crippen LogP) is 3.46. The molecule has 0 unspecified atom stereocenters. The Morgan fingerprint density at radius 1 is 1.35 bits per heavy atom. The molecule has 1 aromatic heterocycles. The third-order valence-corrected chi connectivity index (χ3v) is 3.37. The second-order valence-corrected chi connectivity index (χ2v) is 5.28. The first kappa shape index (κ1) is 12.8. The van der Waals surface area contributed by atoms with Crippen molar-refractivity contribution in [3.8, 4) is 0 Å². The first-order valence-electron chi connectivity index (χ1n) is 6.00. The maximum absolute atomic E-state index is 5.56. The average molecular weight is 344 g/mol. The standard InChI is InChI=1S/C13H17IN2O/c1-2-3-7-17-8-6-16-13-9-12(14)5-4-11(13)10-15-16/h4-5,9-10H,2-3,6-8H2,1H3. The summed E-state index contributed by atoms with van der Waals surface area (Å²) in [4.78, 5) is 0. The van der Waals surface area contributed by atoms with E-state index in [1.807, 2.05) is 10.9 Å². The number of fused-ring (bicyclic) bond motifs is 1. The number of hydrogen-bond donors (Lipinski definition) is 0. The molecule has 2 rings (SSSR count). The van der Waals surface area contributed by atoms with Gasteiger partial charge in [0.2, 0.25) is 0 Å². The molecule has 1 heterocycles. The predicted molar refractivity (Wildman–Crippen MR) is 78.2 cm³/mol. The lowest BCUT2D eigenvalue weighted by atomic mass is 10.2. The molecule has 0 bridgehead atoms. The Labute approximate surface area is 115 Å². The Morgan fingerprint density at radius 3 is 3.06 bits per heavy atom. The molecule has 92 valence electrons. The zero-order valence-electron chi connectivity index (χ0n) is 10.0. The smallest absolute Gasteiger partial charge is 0.0693 e. The number of ether oxygens (including phenoxy) is 1. The van der Waals surface area contributed by atoms with Crippen molar-refractivity contribution in [3.63, 3.8) is 0 Å². The number of benzene rings is 1. The molecule has 0 saturated heterocycles. The van der Waals surface area contributed by atoms with Crippen LogP contribution in [0, 0.1) is 3.57 Å². The van der Waals surface area contributed by atoms with E-state index < -0.39 is 0 Å². The van der Waals surface area contributed by atoms with Gasteiger partial charge in [0.25, 0.3) is 0 Å². The average Bonchev–Trinajstić information content (AvgIpc) is 2.72. The van der Waals surface area contributed by atoms with Gasteiger partial charge in [0.1, 0.15) is 0 Å². The molecule has 0 fully saturated rings. The summed E-state index contributed by atoms with van der Waals surface area (Å²) in [5.41, 5.74) is 1.19. The summed E-state index contributed by atoms with van der Waals surface area (Å²) in [6.45, 7) is 4.59. The third-order valence-electron chi connectivity index (χ3n) is 2.70. The van der Waals surface area contributed by atoms with Gasteiger partial charge in [-0.15, -0.1) is 0 Å². The van der Waals surface area contributed by atoms with Gasteiger partial charge in [-0.3, -0.25) is 4.68 Å². The molecule has 0 aliphatic carbocycles. The van der Waals surface area contributed by atoms with Gasteiger partial charge >= 0.3 is 0 Å². The SMILES string of the molecule is CCCCOCCn1ncc2ccc(I)cc21. The first-order valence-corrected chi connectivity index (χ1v) is 7.08. The fourth-order valence-corrected chi connectivity index (χ4v) is 2.20. The van der Waals surface area contributed by atoms with Crippen molar-refractivity contribution in [2.75, 3.05) is 13.2 Å². The van der Waals surface area contributed by atoms with Gasteiger partial charge < -0.3 is 4.74 Å². The van der Waals surface area contributed by atoms with Crippen LogP contribution in [-0.2, 0) is 11.3 Å². The Balaban J connectivity index is 1.96. The van der Waals surface area contributed by atoms with Crippen LogP contribution in [0.5, 0.6) is 0 Å². The molecule has 0 aliphatic heterocycles. The molecular weight excluding hydrogens is 327 g/mol. The van der Waals surface area contributed by atoms with E-state index in [0.29, 0.717) is 0 Å². The molecule has 0 radical (unpaired) electrons. The second-order valence-electron chi connectivity index (χ2n) is 4.04. The topological polar surface area (TPSA) is 27.1 Å². The maximum Gasteiger partial charge on any atom is 0.0693 e. The zero-order chi connectivity index (χ0) is 12.1. The van der Waals surface area contributed by atoms with Crippen molar-refractivity contribution in [2.24, 2.45) is 0 Å². The maximum atomic E-state index is 5.56. The summed E-state index contributed by atoms with van der Waals surface area (Å²) in [5, 5.41) is 5.58. The molecule has 0 atom stereocenters. The first-order chi connectivity index (χ1) is 8.31. The van der Waals surface area contributed by atoms with Crippen LogP contribution in [0.25, 0.3) is 10.9 Å². The van der Waals surface area contributed by atoms with Crippen LogP contribution in [0.2, 0.25) is 0 Å². The van der Waals surface area contributed by atoms with Crippen LogP contribution in [0.15, 0.2) is 24.4 Å². The molecule has 4 heteroatoms. The molecule has 0 spiro atoms. The molecule has 3 nitrogen and oxygen atoms in total. The van der Waals surface area contributed by atoms with Gasteiger partial charge in [-0.25, -0.2) is 0 Å². The zero-order valence-corrected chi connectivity index (χ0v) is 12.2.